The Morgan fingerprint density at radius 2 is 1.73 bits per heavy atom. The lowest BCUT2D eigenvalue weighted by Crippen LogP contribution is -2.47. The molecule has 2 nitrogen and oxygen atoms in total. The van der Waals surface area contributed by atoms with Crippen molar-refractivity contribution in [2.24, 2.45) is 0 Å². The Morgan fingerprint density at radius 3 is 2.07 bits per heavy atom. The third-order valence-corrected chi connectivity index (χ3v) is 4.42. The van der Waals surface area contributed by atoms with Crippen LogP contribution < -0.4 is 0 Å². The van der Waals surface area contributed by atoms with Gasteiger partial charge in [-0.15, -0.1) is 0 Å². The Bertz CT molecular complexity index is 207. The highest BCUT2D eigenvalue weighted by atomic mass is 15.5. The largest absolute Gasteiger partial charge is 0.310 e. The van der Waals surface area contributed by atoms with Crippen molar-refractivity contribution in [3.05, 3.63) is 0 Å². The first kappa shape index (κ1) is 13.0. The molecule has 1 atom stereocenters. The average molecular weight is 213 g/mol. The first-order chi connectivity index (χ1) is 6.90. The average Bonchev–Trinajstić information content (AvgIpc) is 2.50. The molecule has 90 valence electrons. The quantitative estimate of drug-likeness (QED) is 0.649. The number of hydrogen-bond donors (Lipinski definition) is 0. The molecule has 1 saturated heterocycles. The standard InChI is InChI=1S/C13H29N2/c1-7-12(4)14-11-15(8-2,9-3)10-13(14,5)6/h12H,7-11H2,1-6H3/q+1. The van der Waals surface area contributed by atoms with E-state index in [2.05, 4.69) is 46.4 Å². The molecule has 0 radical (unpaired) electrons. The molecule has 0 amide bonds. The van der Waals surface area contributed by atoms with Gasteiger partial charge in [0.2, 0.25) is 0 Å². The zero-order valence-electron chi connectivity index (χ0n) is 11.5. The van der Waals surface area contributed by atoms with Crippen LogP contribution in [0, 0.1) is 0 Å². The maximum atomic E-state index is 2.71. The topological polar surface area (TPSA) is 3.24 Å². The van der Waals surface area contributed by atoms with Crippen molar-refractivity contribution in [2.45, 2.75) is 59.5 Å². The molecule has 1 unspecified atom stereocenters. The predicted octanol–water partition coefficient (Wildman–Crippen LogP) is 2.69. The van der Waals surface area contributed by atoms with E-state index in [9.17, 15) is 0 Å². The molecule has 0 aromatic carbocycles. The minimum absolute atomic E-state index is 0.376. The van der Waals surface area contributed by atoms with Gasteiger partial charge in [-0.05, 0) is 41.0 Å². The van der Waals surface area contributed by atoms with Crippen LogP contribution in [0.3, 0.4) is 0 Å². The monoisotopic (exact) mass is 213 g/mol. The summed E-state index contributed by atoms with van der Waals surface area (Å²) in [5.74, 6) is 0. The van der Waals surface area contributed by atoms with E-state index < -0.39 is 0 Å². The second-order valence-electron chi connectivity index (χ2n) is 5.81. The molecule has 0 bridgehead atoms. The van der Waals surface area contributed by atoms with Crippen LogP contribution in [0.1, 0.15) is 48.0 Å². The van der Waals surface area contributed by atoms with Crippen molar-refractivity contribution < 1.29 is 4.48 Å². The summed E-state index contributed by atoms with van der Waals surface area (Å²) >= 11 is 0. The molecule has 0 aliphatic carbocycles. The number of hydrogen-bond acceptors (Lipinski definition) is 1. The lowest BCUT2D eigenvalue weighted by molar-refractivity contribution is -0.919. The van der Waals surface area contributed by atoms with Crippen molar-refractivity contribution in [1.29, 1.82) is 0 Å². The Morgan fingerprint density at radius 1 is 1.20 bits per heavy atom. The Hall–Kier alpha value is -0.0800. The number of nitrogens with zero attached hydrogens (tertiary/aromatic N) is 2. The molecular formula is C13H29N2+. The van der Waals surface area contributed by atoms with Gasteiger partial charge in [-0.25, -0.2) is 4.90 Å². The van der Waals surface area contributed by atoms with Crippen molar-refractivity contribution in [2.75, 3.05) is 26.3 Å². The van der Waals surface area contributed by atoms with Gasteiger partial charge < -0.3 is 4.48 Å². The van der Waals surface area contributed by atoms with Crippen molar-refractivity contribution in [3.63, 3.8) is 0 Å². The van der Waals surface area contributed by atoms with Gasteiger partial charge in [-0.1, -0.05) is 6.92 Å². The fourth-order valence-electron chi connectivity index (χ4n) is 3.08. The molecule has 1 fully saturated rings. The molecule has 0 aromatic rings. The van der Waals surface area contributed by atoms with Crippen molar-refractivity contribution in [1.82, 2.24) is 4.90 Å². The van der Waals surface area contributed by atoms with Crippen LogP contribution in [-0.2, 0) is 0 Å². The minimum atomic E-state index is 0.376. The van der Waals surface area contributed by atoms with E-state index in [1.54, 1.807) is 0 Å². The summed E-state index contributed by atoms with van der Waals surface area (Å²) in [5.41, 5.74) is 0.376. The van der Waals surface area contributed by atoms with E-state index in [-0.39, 0.29) is 0 Å². The second-order valence-corrected chi connectivity index (χ2v) is 5.81. The van der Waals surface area contributed by atoms with E-state index in [1.165, 1.54) is 37.2 Å². The van der Waals surface area contributed by atoms with Gasteiger partial charge in [0, 0.05) is 6.04 Å². The molecule has 1 aliphatic heterocycles. The summed E-state index contributed by atoms with van der Waals surface area (Å²) in [7, 11) is 0. The van der Waals surface area contributed by atoms with Gasteiger partial charge in [-0.2, -0.15) is 0 Å². The summed E-state index contributed by atoms with van der Waals surface area (Å²) in [4.78, 5) is 2.71. The molecule has 0 aromatic heterocycles. The van der Waals surface area contributed by atoms with Crippen molar-refractivity contribution >= 4 is 0 Å². The van der Waals surface area contributed by atoms with Crippen LogP contribution in [-0.4, -0.2) is 47.3 Å². The van der Waals surface area contributed by atoms with Gasteiger partial charge in [0.1, 0.15) is 6.67 Å². The second kappa shape index (κ2) is 4.42. The first-order valence-corrected chi connectivity index (χ1v) is 6.52. The maximum Gasteiger partial charge on any atom is 0.135 e. The van der Waals surface area contributed by atoms with Crippen LogP contribution in [0.5, 0.6) is 0 Å². The summed E-state index contributed by atoms with van der Waals surface area (Å²) in [6, 6.07) is 0.720. The summed E-state index contributed by atoms with van der Waals surface area (Å²) in [6.07, 6.45) is 1.26. The lowest BCUT2D eigenvalue weighted by Gasteiger charge is -2.33. The van der Waals surface area contributed by atoms with Crippen molar-refractivity contribution in [3.8, 4) is 0 Å². The smallest absolute Gasteiger partial charge is 0.135 e. The Kier molecular flexibility index (Phi) is 3.83. The number of quaternary nitrogens is 1. The van der Waals surface area contributed by atoms with Crippen LogP contribution in [0.4, 0.5) is 0 Å². The molecule has 0 spiro atoms. The zero-order chi connectivity index (χ0) is 11.7. The fourth-order valence-corrected chi connectivity index (χ4v) is 3.08. The maximum absolute atomic E-state index is 2.71. The Balaban J connectivity index is 2.84. The third-order valence-electron chi connectivity index (χ3n) is 4.42. The lowest BCUT2D eigenvalue weighted by atomic mass is 10.0. The van der Waals surface area contributed by atoms with E-state index in [1.807, 2.05) is 0 Å². The molecule has 1 heterocycles. The van der Waals surface area contributed by atoms with Crippen LogP contribution in [0.2, 0.25) is 0 Å². The highest BCUT2D eigenvalue weighted by molar-refractivity contribution is 4.88. The van der Waals surface area contributed by atoms with Gasteiger partial charge in [0.25, 0.3) is 0 Å². The normalized spacial score (nSPS) is 26.8. The van der Waals surface area contributed by atoms with Gasteiger partial charge in [-0.3, -0.25) is 0 Å². The highest BCUT2D eigenvalue weighted by Gasteiger charge is 2.48. The zero-order valence-corrected chi connectivity index (χ0v) is 11.5. The molecule has 2 heteroatoms. The van der Waals surface area contributed by atoms with Gasteiger partial charge >= 0.3 is 0 Å². The third kappa shape index (κ3) is 2.36. The SMILES string of the molecule is CCC(C)N1C[N+](CC)(CC)CC1(C)C. The van der Waals surface area contributed by atoms with Crippen LogP contribution in [0.25, 0.3) is 0 Å². The number of likely N-dealkylation sites (N-methyl/N-ethyl adjacent to an activating group) is 1. The van der Waals surface area contributed by atoms with Gasteiger partial charge in [0.15, 0.2) is 0 Å². The van der Waals surface area contributed by atoms with Crippen LogP contribution in [0.15, 0.2) is 0 Å². The first-order valence-electron chi connectivity index (χ1n) is 6.52. The predicted molar refractivity (Wildman–Crippen MR) is 66.7 cm³/mol. The molecule has 0 N–H and O–H groups in total. The molecule has 15 heavy (non-hydrogen) atoms. The molecule has 1 rings (SSSR count). The molecule has 1 aliphatic rings. The van der Waals surface area contributed by atoms with E-state index in [4.69, 9.17) is 0 Å². The van der Waals surface area contributed by atoms with Gasteiger partial charge in [0.05, 0.1) is 25.2 Å². The number of rotatable bonds is 4. The molecule has 0 saturated carbocycles. The van der Waals surface area contributed by atoms with E-state index in [0.29, 0.717) is 5.54 Å². The summed E-state index contributed by atoms with van der Waals surface area (Å²) in [5, 5.41) is 0. The summed E-state index contributed by atoms with van der Waals surface area (Å²) < 4.78 is 1.28. The molecular weight excluding hydrogens is 184 g/mol. The minimum Gasteiger partial charge on any atom is -0.310 e. The highest BCUT2D eigenvalue weighted by Crippen LogP contribution is 2.32. The Labute approximate surface area is 95.8 Å². The fraction of sp³-hybridized carbons (Fsp3) is 1.00. The van der Waals surface area contributed by atoms with Crippen LogP contribution >= 0.6 is 0 Å². The summed E-state index contributed by atoms with van der Waals surface area (Å²) in [6.45, 7) is 19.2. The van der Waals surface area contributed by atoms with E-state index in [0.717, 1.165) is 6.04 Å². The van der Waals surface area contributed by atoms with E-state index >= 15 is 0 Å².